The van der Waals surface area contributed by atoms with E-state index in [1.807, 2.05) is 0 Å². The molecule has 1 saturated heterocycles. The van der Waals surface area contributed by atoms with Crippen molar-refractivity contribution in [3.8, 4) is 0 Å². The van der Waals surface area contributed by atoms with E-state index in [9.17, 15) is 0 Å². The molecule has 1 aliphatic heterocycles. The summed E-state index contributed by atoms with van der Waals surface area (Å²) in [4.78, 5) is 2.46. The average Bonchev–Trinajstić information content (AvgIpc) is 2.70. The minimum atomic E-state index is 0.636. The lowest BCUT2D eigenvalue weighted by molar-refractivity contribution is 0.549. The lowest BCUT2D eigenvalue weighted by atomic mass is 10.1. The summed E-state index contributed by atoms with van der Waals surface area (Å²) in [5.74, 6) is 1.05. The van der Waals surface area contributed by atoms with Crippen LogP contribution in [0.3, 0.4) is 0 Å². The van der Waals surface area contributed by atoms with E-state index in [0.29, 0.717) is 6.04 Å². The maximum Gasteiger partial charge on any atom is 0.151 e. The standard InChI is InChI=1S/C15H26N4/c1-3-14-8-6-5-7-11-19(14)15-10-9-13(17-18-15)12-16-4-2/h9-10,14,16H,3-8,11-12H2,1-2H3. The summed E-state index contributed by atoms with van der Waals surface area (Å²) in [5, 5.41) is 12.0. The molecule has 1 atom stereocenters. The third kappa shape index (κ3) is 3.90. The van der Waals surface area contributed by atoms with Crippen LogP contribution in [0.4, 0.5) is 5.82 Å². The fourth-order valence-corrected chi connectivity index (χ4v) is 2.76. The van der Waals surface area contributed by atoms with Gasteiger partial charge in [0.25, 0.3) is 0 Å². The van der Waals surface area contributed by atoms with Crippen LogP contribution in [0.1, 0.15) is 51.6 Å². The molecule has 0 bridgehead atoms. The Hall–Kier alpha value is -1.16. The Bertz CT molecular complexity index is 363. The Kier molecular flexibility index (Phi) is 5.58. The molecule has 0 aliphatic carbocycles. The predicted octanol–water partition coefficient (Wildman–Crippen LogP) is 2.75. The normalized spacial score (nSPS) is 20.3. The maximum atomic E-state index is 4.43. The number of nitrogens with zero attached hydrogens (tertiary/aromatic N) is 3. The highest BCUT2D eigenvalue weighted by Crippen LogP contribution is 2.23. The second-order valence-corrected chi connectivity index (χ2v) is 5.27. The van der Waals surface area contributed by atoms with Gasteiger partial charge in [-0.05, 0) is 37.9 Å². The van der Waals surface area contributed by atoms with Gasteiger partial charge < -0.3 is 10.2 Å². The summed E-state index contributed by atoms with van der Waals surface area (Å²) in [7, 11) is 0. The van der Waals surface area contributed by atoms with Gasteiger partial charge in [0.2, 0.25) is 0 Å². The van der Waals surface area contributed by atoms with E-state index in [4.69, 9.17) is 0 Å². The number of rotatable bonds is 5. The van der Waals surface area contributed by atoms with Crippen LogP contribution in [0.2, 0.25) is 0 Å². The van der Waals surface area contributed by atoms with E-state index in [-0.39, 0.29) is 0 Å². The van der Waals surface area contributed by atoms with Gasteiger partial charge in [0.1, 0.15) is 0 Å². The number of anilines is 1. The minimum Gasteiger partial charge on any atom is -0.352 e. The monoisotopic (exact) mass is 262 g/mol. The van der Waals surface area contributed by atoms with Crippen LogP contribution in [0, 0.1) is 0 Å². The van der Waals surface area contributed by atoms with Gasteiger partial charge in [0.05, 0.1) is 5.69 Å². The molecule has 1 unspecified atom stereocenters. The van der Waals surface area contributed by atoms with Crippen LogP contribution >= 0.6 is 0 Å². The molecule has 2 rings (SSSR count). The van der Waals surface area contributed by atoms with Crippen LogP contribution in [-0.2, 0) is 6.54 Å². The van der Waals surface area contributed by atoms with Gasteiger partial charge in [-0.15, -0.1) is 5.10 Å². The zero-order valence-electron chi connectivity index (χ0n) is 12.2. The van der Waals surface area contributed by atoms with Crippen molar-refractivity contribution in [3.05, 3.63) is 17.8 Å². The highest BCUT2D eigenvalue weighted by Gasteiger charge is 2.20. The maximum absolute atomic E-state index is 4.43. The summed E-state index contributed by atoms with van der Waals surface area (Å²) in [6.07, 6.45) is 6.45. The molecule has 1 aromatic rings. The molecule has 4 heteroatoms. The number of nitrogens with one attached hydrogen (secondary N) is 1. The molecule has 0 spiro atoms. The van der Waals surface area contributed by atoms with Crippen molar-refractivity contribution in [2.45, 2.75) is 58.5 Å². The van der Waals surface area contributed by atoms with Gasteiger partial charge in [0, 0.05) is 19.1 Å². The molecule has 0 aromatic carbocycles. The fraction of sp³-hybridized carbons (Fsp3) is 0.733. The molecular weight excluding hydrogens is 236 g/mol. The van der Waals surface area contributed by atoms with Gasteiger partial charge in [-0.25, -0.2) is 0 Å². The summed E-state index contributed by atoms with van der Waals surface area (Å²) in [5.41, 5.74) is 1.02. The van der Waals surface area contributed by atoms with Crippen LogP contribution < -0.4 is 10.2 Å². The Morgan fingerprint density at radius 1 is 1.21 bits per heavy atom. The third-order valence-corrected chi connectivity index (χ3v) is 3.90. The first kappa shape index (κ1) is 14.3. The Morgan fingerprint density at radius 3 is 2.79 bits per heavy atom. The van der Waals surface area contributed by atoms with Crippen molar-refractivity contribution < 1.29 is 0 Å². The lowest BCUT2D eigenvalue weighted by Gasteiger charge is -2.29. The van der Waals surface area contributed by atoms with Gasteiger partial charge in [-0.3, -0.25) is 0 Å². The smallest absolute Gasteiger partial charge is 0.151 e. The van der Waals surface area contributed by atoms with Crippen molar-refractivity contribution in [1.29, 1.82) is 0 Å². The van der Waals surface area contributed by atoms with Gasteiger partial charge in [-0.1, -0.05) is 26.7 Å². The first-order valence-electron chi connectivity index (χ1n) is 7.65. The molecule has 19 heavy (non-hydrogen) atoms. The fourth-order valence-electron chi connectivity index (χ4n) is 2.76. The highest BCUT2D eigenvalue weighted by atomic mass is 15.3. The molecular formula is C15H26N4. The Balaban J connectivity index is 2.06. The number of aromatic nitrogens is 2. The largest absolute Gasteiger partial charge is 0.352 e. The van der Waals surface area contributed by atoms with Crippen molar-refractivity contribution in [2.24, 2.45) is 0 Å². The average molecular weight is 262 g/mol. The number of hydrogen-bond donors (Lipinski definition) is 1. The molecule has 0 radical (unpaired) electrons. The zero-order valence-corrected chi connectivity index (χ0v) is 12.2. The van der Waals surface area contributed by atoms with Crippen molar-refractivity contribution in [3.63, 3.8) is 0 Å². The van der Waals surface area contributed by atoms with Crippen molar-refractivity contribution in [2.75, 3.05) is 18.0 Å². The van der Waals surface area contributed by atoms with E-state index in [0.717, 1.165) is 31.1 Å². The van der Waals surface area contributed by atoms with E-state index in [2.05, 4.69) is 46.4 Å². The van der Waals surface area contributed by atoms with Crippen LogP contribution in [0.5, 0.6) is 0 Å². The molecule has 106 valence electrons. The third-order valence-electron chi connectivity index (χ3n) is 3.90. The molecule has 1 aliphatic rings. The minimum absolute atomic E-state index is 0.636. The quantitative estimate of drug-likeness (QED) is 0.886. The Morgan fingerprint density at radius 2 is 2.11 bits per heavy atom. The first-order chi connectivity index (χ1) is 9.35. The van der Waals surface area contributed by atoms with Crippen LogP contribution in [0.15, 0.2) is 12.1 Å². The van der Waals surface area contributed by atoms with Crippen LogP contribution in [-0.4, -0.2) is 29.3 Å². The van der Waals surface area contributed by atoms with Gasteiger partial charge in [-0.2, -0.15) is 5.10 Å². The van der Waals surface area contributed by atoms with E-state index >= 15 is 0 Å². The topological polar surface area (TPSA) is 41.0 Å². The highest BCUT2D eigenvalue weighted by molar-refractivity contribution is 5.39. The van der Waals surface area contributed by atoms with Crippen molar-refractivity contribution in [1.82, 2.24) is 15.5 Å². The van der Waals surface area contributed by atoms with Crippen molar-refractivity contribution >= 4 is 5.82 Å². The second kappa shape index (κ2) is 7.43. The van der Waals surface area contributed by atoms with E-state index in [1.165, 1.54) is 32.1 Å². The predicted molar refractivity (Wildman–Crippen MR) is 79.3 cm³/mol. The molecule has 1 aromatic heterocycles. The number of hydrogen-bond acceptors (Lipinski definition) is 4. The lowest BCUT2D eigenvalue weighted by Crippen LogP contribution is -2.35. The van der Waals surface area contributed by atoms with Gasteiger partial charge in [0.15, 0.2) is 5.82 Å². The van der Waals surface area contributed by atoms with E-state index < -0.39 is 0 Å². The summed E-state index contributed by atoms with van der Waals surface area (Å²) in [6, 6.07) is 4.87. The second-order valence-electron chi connectivity index (χ2n) is 5.27. The molecule has 1 N–H and O–H groups in total. The SMILES string of the molecule is CCNCc1ccc(N2CCCCCC2CC)nn1. The molecule has 0 saturated carbocycles. The molecule has 1 fully saturated rings. The molecule has 4 nitrogen and oxygen atoms in total. The summed E-state index contributed by atoms with van der Waals surface area (Å²) in [6.45, 7) is 7.27. The van der Waals surface area contributed by atoms with E-state index in [1.54, 1.807) is 0 Å². The van der Waals surface area contributed by atoms with Crippen LogP contribution in [0.25, 0.3) is 0 Å². The molecule has 2 heterocycles. The molecule has 0 amide bonds. The first-order valence-corrected chi connectivity index (χ1v) is 7.65. The summed E-state index contributed by atoms with van der Waals surface area (Å²) >= 11 is 0. The van der Waals surface area contributed by atoms with Gasteiger partial charge >= 0.3 is 0 Å². The summed E-state index contributed by atoms with van der Waals surface area (Å²) < 4.78 is 0. The Labute approximate surface area is 116 Å². The zero-order chi connectivity index (χ0) is 13.5.